The fourth-order valence-electron chi connectivity index (χ4n) is 8.23. The average molecular weight is 683 g/mol. The summed E-state index contributed by atoms with van der Waals surface area (Å²) in [4.78, 5) is 28.3. The molecule has 2 aliphatic carbocycles. The second-order valence-corrected chi connectivity index (χ2v) is 16.2. The number of rotatable bonds is 3. The van der Waals surface area contributed by atoms with Crippen LogP contribution in [0.1, 0.15) is 79.8 Å². The summed E-state index contributed by atoms with van der Waals surface area (Å²) in [6, 6.07) is 11.4. The van der Waals surface area contributed by atoms with E-state index in [1.165, 1.54) is 11.1 Å². The molecule has 47 heavy (non-hydrogen) atoms. The van der Waals surface area contributed by atoms with Crippen LogP contribution in [0.25, 0.3) is 0 Å². The number of carbonyl (C=O) groups is 2. The van der Waals surface area contributed by atoms with E-state index in [9.17, 15) is 18.0 Å². The zero-order chi connectivity index (χ0) is 32.8. The summed E-state index contributed by atoms with van der Waals surface area (Å²) in [5, 5.41) is -0.00728. The van der Waals surface area contributed by atoms with Crippen molar-refractivity contribution in [2.45, 2.75) is 87.6 Å². The van der Waals surface area contributed by atoms with E-state index >= 15 is 0 Å². The number of fused-ring (bicyclic) bond motifs is 4. The maximum atomic E-state index is 13.5. The van der Waals surface area contributed by atoms with Gasteiger partial charge in [-0.15, -0.1) is 0 Å². The van der Waals surface area contributed by atoms with Crippen LogP contribution < -0.4 is 14.4 Å². The number of nitrogens with zero attached hydrogens (tertiary/aromatic N) is 1. The molecule has 2 fully saturated rings. The third kappa shape index (κ3) is 6.41. The Kier molecular flexibility index (Phi) is 9.04. The highest BCUT2D eigenvalue weighted by atomic mass is 35.5. The van der Waals surface area contributed by atoms with Crippen LogP contribution in [0.15, 0.2) is 48.6 Å². The summed E-state index contributed by atoms with van der Waals surface area (Å²) < 4.78 is 47.4. The highest BCUT2D eigenvalue weighted by Crippen LogP contribution is 2.47. The van der Waals surface area contributed by atoms with Gasteiger partial charge in [-0.25, -0.2) is 17.9 Å². The topological polar surface area (TPSA) is 111 Å². The number of esters is 1. The fourth-order valence-corrected chi connectivity index (χ4v) is 9.86. The van der Waals surface area contributed by atoms with Crippen molar-refractivity contribution >= 4 is 39.2 Å². The lowest BCUT2D eigenvalue weighted by atomic mass is 9.68. The van der Waals surface area contributed by atoms with Crippen LogP contribution in [0, 0.1) is 11.8 Å². The summed E-state index contributed by atoms with van der Waals surface area (Å²) >= 11 is 6.43. The van der Waals surface area contributed by atoms with E-state index in [2.05, 4.69) is 21.8 Å². The molecule has 2 aromatic rings. The fraction of sp³-hybridized carbons (Fsp3) is 0.556. The summed E-state index contributed by atoms with van der Waals surface area (Å²) in [5.74, 6) is 0.160. The van der Waals surface area contributed by atoms with Gasteiger partial charge in [-0.2, -0.15) is 0 Å². The predicted octanol–water partition coefficient (Wildman–Crippen LogP) is 5.73. The number of sulfonamides is 1. The number of halogens is 1. The molecule has 2 bridgehead atoms. The van der Waals surface area contributed by atoms with Crippen molar-refractivity contribution in [2.24, 2.45) is 11.8 Å². The molecule has 2 aromatic carbocycles. The number of cyclic esters (lactones) is 1. The maximum Gasteiger partial charge on any atom is 0.335 e. The Morgan fingerprint density at radius 3 is 2.72 bits per heavy atom. The van der Waals surface area contributed by atoms with Crippen molar-refractivity contribution in [2.75, 3.05) is 31.2 Å². The number of allylic oxidation sites excluding steroid dienone is 1. The van der Waals surface area contributed by atoms with Gasteiger partial charge in [0.25, 0.3) is 5.91 Å². The monoisotopic (exact) mass is 682 g/mol. The van der Waals surface area contributed by atoms with Gasteiger partial charge in [-0.1, -0.05) is 36.7 Å². The Morgan fingerprint density at radius 1 is 1.09 bits per heavy atom. The van der Waals surface area contributed by atoms with Crippen molar-refractivity contribution in [1.29, 1.82) is 0 Å². The Bertz CT molecular complexity index is 1680. The first-order valence-electron chi connectivity index (χ1n) is 17.0. The smallest absolute Gasteiger partial charge is 0.335 e. The number of hydrogen-bond acceptors (Lipinski definition) is 8. The van der Waals surface area contributed by atoms with Gasteiger partial charge in [-0.3, -0.25) is 4.79 Å². The summed E-state index contributed by atoms with van der Waals surface area (Å²) in [6.07, 6.45) is 9.76. The van der Waals surface area contributed by atoms with E-state index in [0.29, 0.717) is 57.7 Å². The Labute approximate surface area is 282 Å². The molecule has 1 amide bonds. The van der Waals surface area contributed by atoms with Gasteiger partial charge in [-0.05, 0) is 105 Å². The van der Waals surface area contributed by atoms with Gasteiger partial charge in [0.1, 0.15) is 5.75 Å². The van der Waals surface area contributed by atoms with E-state index in [0.717, 1.165) is 42.8 Å². The van der Waals surface area contributed by atoms with E-state index in [-0.39, 0.29) is 34.9 Å². The van der Waals surface area contributed by atoms with Gasteiger partial charge < -0.3 is 19.1 Å². The maximum absolute atomic E-state index is 13.5. The van der Waals surface area contributed by atoms with E-state index in [4.69, 9.17) is 25.8 Å². The number of hydrogen-bond donors (Lipinski definition) is 1. The molecule has 0 unspecified atom stereocenters. The summed E-state index contributed by atoms with van der Waals surface area (Å²) in [6.45, 7) is 4.04. The van der Waals surface area contributed by atoms with Gasteiger partial charge >= 0.3 is 5.97 Å². The van der Waals surface area contributed by atoms with Crippen LogP contribution in [0.2, 0.25) is 5.02 Å². The normalized spacial score (nSPS) is 32.6. The number of nitrogens with one attached hydrogen (secondary N) is 1. The number of anilines is 1. The molecule has 5 aliphatic rings. The van der Waals surface area contributed by atoms with Crippen molar-refractivity contribution in [3.8, 4) is 5.75 Å². The molecule has 11 heteroatoms. The number of carbonyl (C=O) groups excluding carboxylic acids is 2. The number of benzene rings is 2. The van der Waals surface area contributed by atoms with Crippen LogP contribution in [0.4, 0.5) is 5.69 Å². The molecule has 0 aromatic heterocycles. The Hall–Kier alpha value is -3.08. The molecule has 1 saturated carbocycles. The zero-order valence-electron chi connectivity index (χ0n) is 26.8. The number of amides is 1. The van der Waals surface area contributed by atoms with Crippen LogP contribution in [-0.4, -0.2) is 64.1 Å². The van der Waals surface area contributed by atoms with E-state index in [1.807, 2.05) is 25.1 Å². The molecule has 9 nitrogen and oxygen atoms in total. The summed E-state index contributed by atoms with van der Waals surface area (Å²) in [5.41, 5.74) is 3.26. The third-order valence-electron chi connectivity index (χ3n) is 11.0. The molecule has 3 heterocycles. The van der Waals surface area contributed by atoms with Gasteiger partial charge in [0.15, 0.2) is 6.10 Å². The average Bonchev–Trinajstić information content (AvgIpc) is 3.36. The second-order valence-electron chi connectivity index (χ2n) is 13.8. The highest BCUT2D eigenvalue weighted by molar-refractivity contribution is 7.90. The lowest BCUT2D eigenvalue weighted by molar-refractivity contribution is -0.152. The van der Waals surface area contributed by atoms with Gasteiger partial charge in [0, 0.05) is 35.5 Å². The molecule has 7 rings (SSSR count). The molecule has 1 saturated heterocycles. The quantitative estimate of drug-likeness (QED) is 0.323. The highest BCUT2D eigenvalue weighted by Gasteiger charge is 2.45. The molecular weight excluding hydrogens is 640 g/mol. The minimum absolute atomic E-state index is 0.172. The second kappa shape index (κ2) is 13.1. The lowest BCUT2D eigenvalue weighted by Crippen LogP contribution is -2.50. The van der Waals surface area contributed by atoms with Crippen LogP contribution >= 0.6 is 11.6 Å². The Morgan fingerprint density at radius 2 is 1.96 bits per heavy atom. The first-order valence-corrected chi connectivity index (χ1v) is 18.9. The van der Waals surface area contributed by atoms with E-state index < -0.39 is 27.3 Å². The number of ether oxygens (including phenoxy) is 3. The van der Waals surface area contributed by atoms with Crippen LogP contribution in [-0.2, 0) is 36.1 Å². The van der Waals surface area contributed by atoms with Crippen LogP contribution in [0.5, 0.6) is 5.75 Å². The van der Waals surface area contributed by atoms with Crippen molar-refractivity contribution in [3.05, 3.63) is 70.3 Å². The molecule has 0 radical (unpaired) electrons. The van der Waals surface area contributed by atoms with Crippen molar-refractivity contribution in [1.82, 2.24) is 4.72 Å². The van der Waals surface area contributed by atoms with Crippen LogP contribution in [0.3, 0.4) is 0 Å². The largest absolute Gasteiger partial charge is 0.490 e. The molecule has 6 atom stereocenters. The molecule has 3 aliphatic heterocycles. The minimum Gasteiger partial charge on any atom is -0.490 e. The molecule has 1 spiro atoms. The zero-order valence-corrected chi connectivity index (χ0v) is 28.4. The Balaban J connectivity index is 1.29. The predicted molar refractivity (Wildman–Crippen MR) is 180 cm³/mol. The first-order chi connectivity index (χ1) is 22.7. The molecular formula is C36H43ClN2O7S. The standard InChI is InChI=1S/C36H43ClN2O7S/c1-2-27-7-3-4-8-31(46-33-15-17-44-35(33)41)28-12-9-25(28)20-39-21-36(16-5-6-23-18-26(37)11-13-29(23)36)22-45-32-14-10-24(19-30(32)39)34(40)38-47(27,42)43/h4,8,10-11,13-14,18-19,25,27-28,31,33H,2-3,5-7,9,12,15-17,20-22H2,1H3,(H,38,40)/b8-4-/t25-,27+,28+,31-,33-,36-/m0/s1. The third-order valence-corrected chi connectivity index (χ3v) is 13.1. The summed E-state index contributed by atoms with van der Waals surface area (Å²) in [7, 11) is -3.93. The first kappa shape index (κ1) is 32.5. The van der Waals surface area contributed by atoms with Gasteiger partial charge in [0.05, 0.1) is 30.3 Å². The number of aryl methyl sites for hydroxylation is 1. The SMILES string of the molecule is CC[C@@H]1CC/C=C\[C@H](O[C@H]2CCOC2=O)[C@@H]2CC[C@H]2CN2C[C@@]3(CCCc4cc(Cl)ccc43)COc3ccc(cc32)C(=O)NS1(=O)=O. The minimum atomic E-state index is -3.93. The van der Waals surface area contributed by atoms with Gasteiger partial charge in [0.2, 0.25) is 10.0 Å². The van der Waals surface area contributed by atoms with Crippen molar-refractivity contribution in [3.63, 3.8) is 0 Å². The van der Waals surface area contributed by atoms with E-state index in [1.54, 1.807) is 18.2 Å². The lowest BCUT2D eigenvalue weighted by Gasteiger charge is -2.46. The molecule has 1 N–H and O–H groups in total. The van der Waals surface area contributed by atoms with Crippen molar-refractivity contribution < 1.29 is 32.2 Å². The molecule has 252 valence electrons.